The van der Waals surface area contributed by atoms with Gasteiger partial charge in [-0.1, -0.05) is 13.8 Å². The average Bonchev–Trinajstić information content (AvgIpc) is 2.71. The molecule has 8 heteroatoms. The second-order valence-corrected chi connectivity index (χ2v) is 6.67. The van der Waals surface area contributed by atoms with E-state index < -0.39 is 5.97 Å². The molecule has 0 spiro atoms. The zero-order chi connectivity index (χ0) is 21.6. The molecule has 0 bridgehead atoms. The number of pyridine rings is 1. The molecule has 0 unspecified atom stereocenters. The summed E-state index contributed by atoms with van der Waals surface area (Å²) < 4.78 is 6.01. The third-order valence-electron chi connectivity index (χ3n) is 4.74. The third kappa shape index (κ3) is 5.01. The average molecular weight is 402 g/mol. The molecule has 0 aliphatic carbocycles. The van der Waals surface area contributed by atoms with E-state index in [1.165, 1.54) is 0 Å². The summed E-state index contributed by atoms with van der Waals surface area (Å²) >= 11 is 0. The molecule has 158 valence electrons. The van der Waals surface area contributed by atoms with E-state index in [9.17, 15) is 9.90 Å². The Morgan fingerprint density at radius 2 is 1.66 bits per heavy atom. The number of nitrogens with one attached hydrogen (secondary N) is 4. The van der Waals surface area contributed by atoms with Crippen LogP contribution in [-0.2, 0) is 0 Å². The number of ether oxygens (including phenoxy) is 1. The molecule has 0 radical (unpaired) electrons. The minimum absolute atomic E-state index is 0.0179. The monoisotopic (exact) mass is 401 g/mol. The van der Waals surface area contributed by atoms with Gasteiger partial charge in [0.1, 0.15) is 17.1 Å². The van der Waals surface area contributed by atoms with Crippen molar-refractivity contribution in [3.05, 3.63) is 29.5 Å². The molecule has 0 aliphatic heterocycles. The van der Waals surface area contributed by atoms with E-state index in [1.54, 1.807) is 6.07 Å². The number of carbonyl (C=O) groups is 1. The smallest absolute Gasteiger partial charge is 0.343 e. The predicted octanol–water partition coefficient (Wildman–Crippen LogP) is 4.52. The van der Waals surface area contributed by atoms with Gasteiger partial charge in [0.05, 0.1) is 23.2 Å². The molecule has 1 aromatic heterocycles. The maximum atomic E-state index is 12.1. The minimum atomic E-state index is -1.09. The van der Waals surface area contributed by atoms with E-state index in [0.717, 1.165) is 29.9 Å². The third-order valence-corrected chi connectivity index (χ3v) is 4.74. The molecule has 0 aliphatic rings. The van der Waals surface area contributed by atoms with Crippen LogP contribution in [0.3, 0.4) is 0 Å². The Morgan fingerprint density at radius 1 is 1.07 bits per heavy atom. The van der Waals surface area contributed by atoms with Crippen molar-refractivity contribution in [3.63, 3.8) is 0 Å². The fraction of sp³-hybridized carbons (Fsp3) is 0.429. The summed E-state index contributed by atoms with van der Waals surface area (Å²) in [4.78, 5) is 16.6. The summed E-state index contributed by atoms with van der Waals surface area (Å²) in [5.74, 6) is -0.529. The highest BCUT2D eigenvalue weighted by molar-refractivity contribution is 5.99. The van der Waals surface area contributed by atoms with Crippen LogP contribution >= 0.6 is 0 Å². The lowest BCUT2D eigenvalue weighted by Gasteiger charge is -2.22. The Balaban J connectivity index is 2.61. The van der Waals surface area contributed by atoms with Gasteiger partial charge in [-0.25, -0.2) is 9.78 Å². The lowest BCUT2D eigenvalue weighted by Crippen LogP contribution is -2.17. The van der Waals surface area contributed by atoms with E-state index in [1.807, 2.05) is 54.0 Å². The van der Waals surface area contributed by atoms with Gasteiger partial charge < -0.3 is 31.1 Å². The van der Waals surface area contributed by atoms with Crippen molar-refractivity contribution in [2.75, 3.05) is 42.4 Å². The highest BCUT2D eigenvalue weighted by atomic mass is 16.5. The summed E-state index contributed by atoms with van der Waals surface area (Å²) in [5, 5.41) is 22.5. The van der Waals surface area contributed by atoms with Gasteiger partial charge >= 0.3 is 5.97 Å². The van der Waals surface area contributed by atoms with Crippen LogP contribution in [0.25, 0.3) is 0 Å². The van der Waals surface area contributed by atoms with Gasteiger partial charge in [-0.2, -0.15) is 0 Å². The van der Waals surface area contributed by atoms with Crippen LogP contribution in [0.5, 0.6) is 5.75 Å². The van der Waals surface area contributed by atoms with Crippen molar-refractivity contribution in [2.24, 2.45) is 0 Å². The Kier molecular flexibility index (Phi) is 7.52. The van der Waals surface area contributed by atoms with Crippen molar-refractivity contribution in [2.45, 2.75) is 39.7 Å². The number of aryl methyl sites for hydroxylation is 1. The molecule has 0 saturated carbocycles. The first kappa shape index (κ1) is 22.1. The molecule has 0 atom stereocenters. The van der Waals surface area contributed by atoms with Crippen LogP contribution < -0.4 is 26.0 Å². The summed E-state index contributed by atoms with van der Waals surface area (Å²) in [6.07, 6.45) is 1.52. The molecule has 2 aromatic rings. The number of hydrogen-bond acceptors (Lipinski definition) is 7. The van der Waals surface area contributed by atoms with Gasteiger partial charge in [0.15, 0.2) is 0 Å². The molecular weight excluding hydrogens is 370 g/mol. The molecule has 0 fully saturated rings. The van der Waals surface area contributed by atoms with Crippen molar-refractivity contribution in [1.29, 1.82) is 0 Å². The summed E-state index contributed by atoms with van der Waals surface area (Å²) in [6, 6.07) is 5.54. The molecular formula is C21H31N5O3. The van der Waals surface area contributed by atoms with E-state index >= 15 is 0 Å². The molecule has 0 amide bonds. The van der Waals surface area contributed by atoms with Crippen LogP contribution in [-0.4, -0.2) is 43.3 Å². The maximum absolute atomic E-state index is 12.1. The summed E-state index contributed by atoms with van der Waals surface area (Å²) in [5.41, 5.74) is 3.89. The quantitative estimate of drug-likeness (QED) is 0.395. The second kappa shape index (κ2) is 9.86. The maximum Gasteiger partial charge on any atom is 0.343 e. The number of benzene rings is 1. The van der Waals surface area contributed by atoms with E-state index in [2.05, 4.69) is 26.3 Å². The largest absolute Gasteiger partial charge is 0.489 e. The molecule has 29 heavy (non-hydrogen) atoms. The first-order chi connectivity index (χ1) is 13.9. The fourth-order valence-electron chi connectivity index (χ4n) is 3.10. The highest BCUT2D eigenvalue weighted by Crippen LogP contribution is 2.38. The lowest BCUT2D eigenvalue weighted by atomic mass is 10.1. The predicted molar refractivity (Wildman–Crippen MR) is 119 cm³/mol. The summed E-state index contributed by atoms with van der Waals surface area (Å²) in [6.45, 7) is 5.85. The van der Waals surface area contributed by atoms with Crippen LogP contribution in [0, 0.1) is 6.92 Å². The van der Waals surface area contributed by atoms with Gasteiger partial charge in [0, 0.05) is 38.6 Å². The van der Waals surface area contributed by atoms with Gasteiger partial charge in [0.25, 0.3) is 0 Å². The number of carboxylic acids is 1. The van der Waals surface area contributed by atoms with E-state index in [0.29, 0.717) is 17.1 Å². The van der Waals surface area contributed by atoms with Gasteiger partial charge in [-0.15, -0.1) is 0 Å². The number of carboxylic acid groups (broad SMARTS) is 1. The van der Waals surface area contributed by atoms with Crippen LogP contribution in [0.15, 0.2) is 18.2 Å². The van der Waals surface area contributed by atoms with Gasteiger partial charge in [0.2, 0.25) is 0 Å². The van der Waals surface area contributed by atoms with Gasteiger partial charge in [-0.3, -0.25) is 0 Å². The van der Waals surface area contributed by atoms with Crippen LogP contribution in [0.1, 0.15) is 42.7 Å². The second-order valence-electron chi connectivity index (χ2n) is 6.67. The Hall–Kier alpha value is -3.16. The number of nitrogens with zero attached hydrogens (tertiary/aromatic N) is 1. The van der Waals surface area contributed by atoms with Crippen molar-refractivity contribution in [3.8, 4) is 5.75 Å². The molecule has 2 rings (SSSR count). The standard InChI is InChI=1S/C21H31N5O3/c1-7-14(8-2)29-17-9-12(3)25-20(18(17)21(27)28)26-19-15(23-5)10-13(22-4)11-16(19)24-6/h9-11,14,22-24H,7-8H2,1-6H3,(H,25,26)(H,27,28). The molecule has 5 N–H and O–H groups in total. The first-order valence-electron chi connectivity index (χ1n) is 9.78. The van der Waals surface area contributed by atoms with Crippen LogP contribution in [0.2, 0.25) is 0 Å². The number of rotatable bonds is 10. The zero-order valence-electron chi connectivity index (χ0n) is 17.9. The Labute approximate surface area is 172 Å². The Bertz CT molecular complexity index is 841. The lowest BCUT2D eigenvalue weighted by molar-refractivity contribution is 0.0689. The highest BCUT2D eigenvalue weighted by Gasteiger charge is 2.23. The van der Waals surface area contributed by atoms with Crippen molar-refractivity contribution >= 4 is 34.5 Å². The first-order valence-corrected chi connectivity index (χ1v) is 9.78. The fourth-order valence-corrected chi connectivity index (χ4v) is 3.10. The molecule has 1 heterocycles. The normalized spacial score (nSPS) is 10.6. The van der Waals surface area contributed by atoms with Crippen LogP contribution in [0.4, 0.5) is 28.6 Å². The van der Waals surface area contributed by atoms with Crippen molar-refractivity contribution in [1.82, 2.24) is 4.98 Å². The molecule has 0 saturated heterocycles. The topological polar surface area (TPSA) is 108 Å². The van der Waals surface area contributed by atoms with E-state index in [4.69, 9.17) is 4.74 Å². The summed E-state index contributed by atoms with van der Waals surface area (Å²) in [7, 11) is 5.46. The minimum Gasteiger partial charge on any atom is -0.489 e. The molecule has 8 nitrogen and oxygen atoms in total. The Morgan fingerprint density at radius 3 is 2.10 bits per heavy atom. The zero-order valence-corrected chi connectivity index (χ0v) is 17.9. The SMILES string of the molecule is CCC(CC)Oc1cc(C)nc(Nc2c(NC)cc(NC)cc2NC)c1C(=O)O. The number of aromatic carboxylic acids is 1. The number of anilines is 5. The van der Waals surface area contributed by atoms with Gasteiger partial charge in [-0.05, 0) is 31.9 Å². The number of aromatic nitrogens is 1. The number of hydrogen-bond donors (Lipinski definition) is 5. The van der Waals surface area contributed by atoms with E-state index in [-0.39, 0.29) is 17.5 Å². The molecule has 1 aromatic carbocycles. The van der Waals surface area contributed by atoms with Crippen molar-refractivity contribution < 1.29 is 14.6 Å².